The lowest BCUT2D eigenvalue weighted by atomic mass is 10.2. The van der Waals surface area contributed by atoms with Gasteiger partial charge in [-0.15, -0.1) is 24.0 Å². The lowest BCUT2D eigenvalue weighted by molar-refractivity contribution is 0.475. The lowest BCUT2D eigenvalue weighted by Gasteiger charge is -2.11. The number of phenols is 1. The zero-order valence-corrected chi connectivity index (χ0v) is 15.1. The molecule has 0 bridgehead atoms. The fourth-order valence-electron chi connectivity index (χ4n) is 1.86. The quantitative estimate of drug-likeness (QED) is 0.397. The summed E-state index contributed by atoms with van der Waals surface area (Å²) in [5, 5.41) is 19.9. The number of nitrogens with zero attached hydrogens (tertiary/aromatic N) is 3. The third-order valence-electron chi connectivity index (χ3n) is 3.06. The second kappa shape index (κ2) is 9.29. The number of halogens is 1. The van der Waals surface area contributed by atoms with Crippen molar-refractivity contribution >= 4 is 29.9 Å². The normalized spacial score (nSPS) is 10.9. The molecule has 6 nitrogen and oxygen atoms in total. The highest BCUT2D eigenvalue weighted by molar-refractivity contribution is 14.0. The highest BCUT2D eigenvalue weighted by Gasteiger charge is 2.01. The third kappa shape index (κ3) is 5.55. The van der Waals surface area contributed by atoms with Gasteiger partial charge in [-0.05, 0) is 30.7 Å². The molecule has 0 aliphatic rings. The van der Waals surface area contributed by atoms with Gasteiger partial charge in [0.2, 0.25) is 0 Å². The van der Waals surface area contributed by atoms with Gasteiger partial charge in [0.25, 0.3) is 0 Å². The number of benzene rings is 1. The van der Waals surface area contributed by atoms with Gasteiger partial charge in [0.15, 0.2) is 5.96 Å². The van der Waals surface area contributed by atoms with Gasteiger partial charge in [-0.2, -0.15) is 5.10 Å². The van der Waals surface area contributed by atoms with Gasteiger partial charge < -0.3 is 15.7 Å². The van der Waals surface area contributed by atoms with E-state index in [2.05, 4.69) is 20.7 Å². The summed E-state index contributed by atoms with van der Waals surface area (Å²) in [4.78, 5) is 4.53. The average molecular weight is 415 g/mol. The topological polar surface area (TPSA) is 74.5 Å². The molecule has 0 spiro atoms. The Morgan fingerprint density at radius 3 is 2.55 bits per heavy atom. The van der Waals surface area contributed by atoms with Crippen molar-refractivity contribution < 1.29 is 5.11 Å². The van der Waals surface area contributed by atoms with Crippen molar-refractivity contribution in [1.82, 2.24) is 20.4 Å². The van der Waals surface area contributed by atoms with Crippen LogP contribution < -0.4 is 10.6 Å². The van der Waals surface area contributed by atoms with Gasteiger partial charge in [-0.3, -0.25) is 4.68 Å². The van der Waals surface area contributed by atoms with Crippen molar-refractivity contribution in [2.75, 3.05) is 6.54 Å². The van der Waals surface area contributed by atoms with Crippen LogP contribution in [0.2, 0.25) is 0 Å². The van der Waals surface area contributed by atoms with Crippen LogP contribution in [0, 0.1) is 0 Å². The molecule has 120 valence electrons. The minimum atomic E-state index is 0. The summed E-state index contributed by atoms with van der Waals surface area (Å²) in [6.45, 7) is 4.05. The van der Waals surface area contributed by atoms with E-state index in [0.29, 0.717) is 13.1 Å². The Morgan fingerprint density at radius 1 is 1.23 bits per heavy atom. The average Bonchev–Trinajstić information content (AvgIpc) is 2.89. The number of rotatable bonds is 5. The van der Waals surface area contributed by atoms with Gasteiger partial charge in [0, 0.05) is 19.8 Å². The molecular weight excluding hydrogens is 393 g/mol. The van der Waals surface area contributed by atoms with Crippen molar-refractivity contribution in [3.05, 3.63) is 47.8 Å². The molecule has 0 radical (unpaired) electrons. The molecular formula is C15H22IN5O. The van der Waals surface area contributed by atoms with Crippen molar-refractivity contribution in [1.29, 1.82) is 0 Å². The Labute approximate surface area is 147 Å². The summed E-state index contributed by atoms with van der Waals surface area (Å²) in [5.41, 5.74) is 2.13. The number of aliphatic imine (C=N–C) groups is 1. The number of hydrogen-bond acceptors (Lipinski definition) is 3. The summed E-state index contributed by atoms with van der Waals surface area (Å²) >= 11 is 0. The van der Waals surface area contributed by atoms with Crippen LogP contribution in [-0.4, -0.2) is 27.4 Å². The fraction of sp³-hybridized carbons (Fsp3) is 0.333. The van der Waals surface area contributed by atoms with E-state index < -0.39 is 0 Å². The van der Waals surface area contributed by atoms with Crippen LogP contribution in [0.5, 0.6) is 5.75 Å². The second-order valence-electron chi connectivity index (χ2n) is 4.66. The summed E-state index contributed by atoms with van der Waals surface area (Å²) in [6.07, 6.45) is 1.78. The van der Waals surface area contributed by atoms with Crippen molar-refractivity contribution in [3.63, 3.8) is 0 Å². The zero-order valence-electron chi connectivity index (χ0n) is 12.8. The predicted molar refractivity (Wildman–Crippen MR) is 98.4 cm³/mol. The molecule has 1 heterocycles. The first kappa shape index (κ1) is 18.3. The first-order chi connectivity index (χ1) is 10.2. The van der Waals surface area contributed by atoms with Gasteiger partial charge in [0.05, 0.1) is 18.8 Å². The maximum absolute atomic E-state index is 9.27. The minimum absolute atomic E-state index is 0. The van der Waals surface area contributed by atoms with E-state index in [0.717, 1.165) is 23.8 Å². The van der Waals surface area contributed by atoms with Gasteiger partial charge in [0.1, 0.15) is 5.75 Å². The summed E-state index contributed by atoms with van der Waals surface area (Å²) in [6, 6.07) is 9.03. The monoisotopic (exact) mass is 415 g/mol. The number of aryl methyl sites for hydroxylation is 1. The van der Waals surface area contributed by atoms with E-state index in [-0.39, 0.29) is 29.7 Å². The molecule has 0 aliphatic heterocycles. The number of hydrogen-bond donors (Lipinski definition) is 3. The summed E-state index contributed by atoms with van der Waals surface area (Å²) in [7, 11) is 1.91. The van der Waals surface area contributed by atoms with Gasteiger partial charge in [-0.25, -0.2) is 4.99 Å². The van der Waals surface area contributed by atoms with Crippen LogP contribution in [0.1, 0.15) is 18.2 Å². The van der Waals surface area contributed by atoms with Crippen LogP contribution >= 0.6 is 24.0 Å². The SMILES string of the molecule is CCNC(=NCc1ccc(O)cc1)NCc1ccnn1C.I. The van der Waals surface area contributed by atoms with Crippen molar-refractivity contribution in [2.24, 2.45) is 12.0 Å². The molecule has 1 aromatic heterocycles. The van der Waals surface area contributed by atoms with Crippen molar-refractivity contribution in [3.8, 4) is 5.75 Å². The first-order valence-corrected chi connectivity index (χ1v) is 6.96. The highest BCUT2D eigenvalue weighted by Crippen LogP contribution is 2.10. The zero-order chi connectivity index (χ0) is 15.1. The maximum atomic E-state index is 9.27. The summed E-state index contributed by atoms with van der Waals surface area (Å²) in [5.74, 6) is 1.02. The van der Waals surface area contributed by atoms with Crippen LogP contribution in [0.25, 0.3) is 0 Å². The molecule has 7 heteroatoms. The molecule has 0 saturated heterocycles. The van der Waals surface area contributed by atoms with Gasteiger partial charge in [-0.1, -0.05) is 12.1 Å². The molecule has 3 N–H and O–H groups in total. The maximum Gasteiger partial charge on any atom is 0.191 e. The lowest BCUT2D eigenvalue weighted by Crippen LogP contribution is -2.37. The molecule has 0 fully saturated rings. The Hall–Kier alpha value is -1.77. The molecule has 2 aromatic rings. The molecule has 22 heavy (non-hydrogen) atoms. The minimum Gasteiger partial charge on any atom is -0.508 e. The van der Waals surface area contributed by atoms with Crippen LogP contribution in [-0.2, 0) is 20.1 Å². The Balaban J connectivity index is 0.00000242. The number of aromatic nitrogens is 2. The Kier molecular flexibility index (Phi) is 7.72. The van der Waals surface area contributed by atoms with Gasteiger partial charge >= 0.3 is 0 Å². The van der Waals surface area contributed by atoms with E-state index >= 15 is 0 Å². The Bertz CT molecular complexity index is 594. The van der Waals surface area contributed by atoms with E-state index in [4.69, 9.17) is 0 Å². The van der Waals surface area contributed by atoms with E-state index in [1.54, 1.807) is 18.3 Å². The highest BCUT2D eigenvalue weighted by atomic mass is 127. The van der Waals surface area contributed by atoms with E-state index in [1.165, 1.54) is 0 Å². The van der Waals surface area contributed by atoms with Crippen LogP contribution in [0.3, 0.4) is 0 Å². The summed E-state index contributed by atoms with van der Waals surface area (Å²) < 4.78 is 1.83. The van der Waals surface area contributed by atoms with E-state index in [9.17, 15) is 5.11 Å². The van der Waals surface area contributed by atoms with Crippen LogP contribution in [0.15, 0.2) is 41.5 Å². The van der Waals surface area contributed by atoms with E-state index in [1.807, 2.05) is 36.9 Å². The van der Waals surface area contributed by atoms with Crippen molar-refractivity contribution in [2.45, 2.75) is 20.0 Å². The molecule has 0 aliphatic carbocycles. The fourth-order valence-corrected chi connectivity index (χ4v) is 1.86. The number of aromatic hydroxyl groups is 1. The molecule has 0 saturated carbocycles. The number of guanidine groups is 1. The smallest absolute Gasteiger partial charge is 0.191 e. The third-order valence-corrected chi connectivity index (χ3v) is 3.06. The number of nitrogens with one attached hydrogen (secondary N) is 2. The van der Waals surface area contributed by atoms with Crippen LogP contribution in [0.4, 0.5) is 0 Å². The predicted octanol–water partition coefficient (Wildman–Crippen LogP) is 2.00. The first-order valence-electron chi connectivity index (χ1n) is 6.96. The molecule has 1 aromatic carbocycles. The Morgan fingerprint density at radius 2 is 1.95 bits per heavy atom. The molecule has 0 unspecified atom stereocenters. The standard InChI is InChI=1S/C15H21N5O.HI/c1-3-16-15(18-11-13-8-9-19-20(13)2)17-10-12-4-6-14(21)7-5-12;/h4-9,21H,3,10-11H2,1-2H3,(H2,16,17,18);1H. The molecule has 2 rings (SSSR count). The second-order valence-corrected chi connectivity index (χ2v) is 4.66. The largest absolute Gasteiger partial charge is 0.508 e. The molecule has 0 atom stereocenters. The molecule has 0 amide bonds. The number of phenolic OH excluding ortho intramolecular Hbond substituents is 1.